The third-order valence-corrected chi connectivity index (χ3v) is 8.79. The standard InChI is InChI=1S/C35H33ClF6N6O6/c1-20(26-16-44-27-9-5-4-8-25(26)27)29(30(49)46-18-22(17-45(2)3)13-23-14-24(36)10-11-28(23)46)48(54-32(51)35(40,41)42)33(52)47(53-31(50)34(37,38)39)19-21-7-6-12-43-15-21/h4-12,14-16,20,22,29,44H,13,17-19H2,1-3H3/t20?,22-,29?/m1/s1. The van der Waals surface area contributed by atoms with Gasteiger partial charge in [0.05, 0.1) is 6.54 Å². The summed E-state index contributed by atoms with van der Waals surface area (Å²) < 4.78 is 82.3. The molecule has 288 valence electrons. The number of nitrogens with zero attached hydrogens (tertiary/aromatic N) is 5. The number of amides is 3. The van der Waals surface area contributed by atoms with Crippen molar-refractivity contribution in [2.45, 2.75) is 44.2 Å². The van der Waals surface area contributed by atoms with E-state index in [4.69, 9.17) is 11.6 Å². The lowest BCUT2D eigenvalue weighted by atomic mass is 9.88. The van der Waals surface area contributed by atoms with Crippen LogP contribution in [0.2, 0.25) is 5.02 Å². The summed E-state index contributed by atoms with van der Waals surface area (Å²) >= 11 is 6.29. The number of halogens is 7. The Hall–Kier alpha value is -5.36. The van der Waals surface area contributed by atoms with Gasteiger partial charge in [-0.1, -0.05) is 42.8 Å². The van der Waals surface area contributed by atoms with E-state index in [-0.39, 0.29) is 39.4 Å². The number of nitrogens with one attached hydrogen (secondary N) is 1. The topological polar surface area (TPSA) is 128 Å². The minimum Gasteiger partial charge on any atom is -0.361 e. The van der Waals surface area contributed by atoms with Crippen LogP contribution >= 0.6 is 11.6 Å². The van der Waals surface area contributed by atoms with Gasteiger partial charge in [0.25, 0.3) is 5.91 Å². The number of alkyl halides is 6. The van der Waals surface area contributed by atoms with Crippen molar-refractivity contribution in [3.63, 3.8) is 0 Å². The summed E-state index contributed by atoms with van der Waals surface area (Å²) in [7, 11) is 3.58. The maximum Gasteiger partial charge on any atom is 0.493 e. The number of para-hydroxylation sites is 1. The highest BCUT2D eigenvalue weighted by molar-refractivity contribution is 6.30. The quantitative estimate of drug-likeness (QED) is 0.160. The predicted octanol–water partition coefficient (Wildman–Crippen LogP) is 6.42. The summed E-state index contributed by atoms with van der Waals surface area (Å²) in [6, 6.07) is 9.54. The van der Waals surface area contributed by atoms with Gasteiger partial charge < -0.3 is 24.5 Å². The summed E-state index contributed by atoms with van der Waals surface area (Å²) in [4.78, 5) is 73.0. The highest BCUT2D eigenvalue weighted by Crippen LogP contribution is 2.37. The van der Waals surface area contributed by atoms with Crippen molar-refractivity contribution < 1.29 is 55.2 Å². The van der Waals surface area contributed by atoms with Crippen molar-refractivity contribution in [3.8, 4) is 0 Å². The van der Waals surface area contributed by atoms with Crippen LogP contribution in [0.4, 0.5) is 36.8 Å². The van der Waals surface area contributed by atoms with Crippen molar-refractivity contribution >= 4 is 52.1 Å². The molecule has 1 aliphatic heterocycles. The minimum absolute atomic E-state index is 0.0412. The average molecular weight is 783 g/mol. The van der Waals surface area contributed by atoms with Gasteiger partial charge in [-0.3, -0.25) is 9.78 Å². The van der Waals surface area contributed by atoms with Crippen LogP contribution in [-0.4, -0.2) is 94.5 Å². The molecule has 19 heteroatoms. The third-order valence-electron chi connectivity index (χ3n) is 8.55. The average Bonchev–Trinajstić information content (AvgIpc) is 3.53. The molecular formula is C35H33ClF6N6O6. The molecule has 0 spiro atoms. The number of hydrogen-bond donors (Lipinski definition) is 1. The zero-order chi connectivity index (χ0) is 39.5. The summed E-state index contributed by atoms with van der Waals surface area (Å²) in [6.45, 7) is 0.723. The molecular weight excluding hydrogens is 750 g/mol. The summed E-state index contributed by atoms with van der Waals surface area (Å²) in [5, 5.41) is 0.251. The molecule has 0 radical (unpaired) electrons. The SMILES string of the molecule is CC(c1c[nH]c2ccccc12)C(C(=O)N1C[C@@H](CN(C)C)Cc2cc(Cl)ccc21)N(OC(=O)C(F)(F)F)C(=O)N(Cc1cccnc1)OC(=O)C(F)(F)F. The number of anilines is 1. The molecule has 12 nitrogen and oxygen atoms in total. The Labute approximate surface area is 309 Å². The van der Waals surface area contributed by atoms with Gasteiger partial charge in [-0.15, -0.1) is 10.1 Å². The molecule has 1 aliphatic rings. The molecule has 1 N–H and O–H groups in total. The van der Waals surface area contributed by atoms with Gasteiger partial charge in [0, 0.05) is 59.2 Å². The first-order valence-electron chi connectivity index (χ1n) is 16.2. The maximum atomic E-state index is 15.1. The molecule has 54 heavy (non-hydrogen) atoms. The first-order valence-corrected chi connectivity index (χ1v) is 16.6. The van der Waals surface area contributed by atoms with Gasteiger partial charge in [-0.2, -0.15) is 26.3 Å². The van der Waals surface area contributed by atoms with Crippen molar-refractivity contribution in [3.05, 3.63) is 94.9 Å². The van der Waals surface area contributed by atoms with E-state index in [2.05, 4.69) is 19.6 Å². The second-order valence-corrected chi connectivity index (χ2v) is 13.3. The summed E-state index contributed by atoms with van der Waals surface area (Å²) in [5.74, 6) is -8.62. The van der Waals surface area contributed by atoms with E-state index in [1.807, 2.05) is 4.90 Å². The molecule has 0 fully saturated rings. The lowest BCUT2D eigenvalue weighted by Gasteiger charge is -2.41. The Morgan fingerprint density at radius 3 is 2.31 bits per heavy atom. The molecule has 4 aromatic rings. The number of H-pyrrole nitrogens is 1. The van der Waals surface area contributed by atoms with Crippen molar-refractivity contribution in [2.75, 3.05) is 32.1 Å². The summed E-state index contributed by atoms with van der Waals surface area (Å²) in [5.41, 5.74) is 1.59. The number of rotatable bonds is 8. The number of urea groups is 1. The van der Waals surface area contributed by atoms with Crippen molar-refractivity contribution in [1.29, 1.82) is 0 Å². The van der Waals surface area contributed by atoms with E-state index in [1.54, 1.807) is 44.4 Å². The Morgan fingerprint density at radius 1 is 0.981 bits per heavy atom. The van der Waals surface area contributed by atoms with E-state index >= 15 is 4.79 Å². The van der Waals surface area contributed by atoms with Crippen LogP contribution in [0.5, 0.6) is 0 Å². The van der Waals surface area contributed by atoms with Crippen molar-refractivity contribution in [1.82, 2.24) is 25.0 Å². The van der Waals surface area contributed by atoms with E-state index in [1.165, 1.54) is 48.5 Å². The first kappa shape index (κ1) is 39.8. The minimum atomic E-state index is -5.77. The number of aromatic amines is 1. The van der Waals surface area contributed by atoms with Gasteiger partial charge in [-0.05, 0) is 73.5 Å². The van der Waals surface area contributed by atoms with Crippen molar-refractivity contribution in [2.24, 2.45) is 5.92 Å². The highest BCUT2D eigenvalue weighted by atomic mass is 35.5. The van der Waals surface area contributed by atoms with Gasteiger partial charge in [0.2, 0.25) is 0 Å². The smallest absolute Gasteiger partial charge is 0.361 e. The number of fused-ring (bicyclic) bond motifs is 2. The maximum absolute atomic E-state index is 15.1. The predicted molar refractivity (Wildman–Crippen MR) is 181 cm³/mol. The van der Waals surface area contributed by atoms with Crippen LogP contribution in [0.3, 0.4) is 0 Å². The molecule has 0 bridgehead atoms. The molecule has 0 saturated carbocycles. The number of hydroxylamine groups is 4. The molecule has 2 aromatic carbocycles. The fraction of sp³-hybridized carbons (Fsp3) is 0.343. The zero-order valence-electron chi connectivity index (χ0n) is 28.8. The van der Waals surface area contributed by atoms with E-state index in [0.717, 1.165) is 6.20 Å². The number of benzene rings is 2. The second-order valence-electron chi connectivity index (χ2n) is 12.8. The van der Waals surface area contributed by atoms with Crippen LogP contribution in [0.15, 0.2) is 73.2 Å². The molecule has 2 aromatic heterocycles. The third kappa shape index (κ3) is 9.04. The number of pyridine rings is 1. The van der Waals surface area contributed by atoms with Gasteiger partial charge in [-0.25, -0.2) is 14.4 Å². The van der Waals surface area contributed by atoms with E-state index in [9.17, 15) is 40.7 Å². The van der Waals surface area contributed by atoms with Gasteiger partial charge >= 0.3 is 30.3 Å². The molecule has 0 aliphatic carbocycles. The fourth-order valence-electron chi connectivity index (χ4n) is 6.29. The number of carbonyl (C=O) groups is 4. The molecule has 2 unspecified atom stereocenters. The van der Waals surface area contributed by atoms with Crippen LogP contribution < -0.4 is 4.90 Å². The van der Waals surface area contributed by atoms with Crippen LogP contribution in [-0.2, 0) is 37.0 Å². The fourth-order valence-corrected chi connectivity index (χ4v) is 6.49. The first-order chi connectivity index (χ1) is 25.3. The van der Waals surface area contributed by atoms with Crippen LogP contribution in [0.25, 0.3) is 10.9 Å². The number of hydrogen-bond acceptors (Lipinski definition) is 8. The Balaban J connectivity index is 1.71. The molecule has 3 amide bonds. The molecule has 3 heterocycles. The summed E-state index contributed by atoms with van der Waals surface area (Å²) in [6.07, 6.45) is -7.24. The highest BCUT2D eigenvalue weighted by Gasteiger charge is 2.51. The Bertz CT molecular complexity index is 2010. The monoisotopic (exact) mass is 782 g/mol. The van der Waals surface area contributed by atoms with Crippen LogP contribution in [0.1, 0.15) is 29.5 Å². The molecule has 3 atom stereocenters. The zero-order valence-corrected chi connectivity index (χ0v) is 29.6. The lowest BCUT2D eigenvalue weighted by molar-refractivity contribution is -0.250. The number of aromatic nitrogens is 2. The molecule has 5 rings (SSSR count). The largest absolute Gasteiger partial charge is 0.493 e. The van der Waals surface area contributed by atoms with Gasteiger partial charge in [0.1, 0.15) is 0 Å². The van der Waals surface area contributed by atoms with E-state index in [0.29, 0.717) is 34.5 Å². The Kier molecular flexibility index (Phi) is 11.8. The van der Waals surface area contributed by atoms with Gasteiger partial charge in [0.15, 0.2) is 6.04 Å². The number of carbonyl (C=O) groups excluding carboxylic acids is 4. The molecule has 0 saturated heterocycles. The Morgan fingerprint density at radius 2 is 1.67 bits per heavy atom. The van der Waals surface area contributed by atoms with Crippen LogP contribution in [0, 0.1) is 5.92 Å². The second kappa shape index (κ2) is 15.9. The normalized spacial score (nSPS) is 15.7. The van der Waals surface area contributed by atoms with E-state index < -0.39 is 54.7 Å². The lowest BCUT2D eigenvalue weighted by Crippen LogP contribution is -2.59.